The first-order chi connectivity index (χ1) is 14.9. The minimum Gasteiger partial charge on any atom is -0.423 e. The molecule has 0 unspecified atom stereocenters. The summed E-state index contributed by atoms with van der Waals surface area (Å²) in [5.74, 6) is 0.0130. The van der Waals surface area contributed by atoms with Gasteiger partial charge in [-0.3, -0.25) is 4.79 Å². The predicted octanol–water partition coefficient (Wildman–Crippen LogP) is 2.84. The fourth-order valence-electron chi connectivity index (χ4n) is 3.50. The van der Waals surface area contributed by atoms with Crippen LogP contribution in [-0.4, -0.2) is 56.0 Å². The van der Waals surface area contributed by atoms with Gasteiger partial charge in [0.1, 0.15) is 0 Å². The first-order valence-electron chi connectivity index (χ1n) is 9.86. The van der Waals surface area contributed by atoms with E-state index in [0.717, 1.165) is 41.5 Å². The van der Waals surface area contributed by atoms with E-state index in [4.69, 9.17) is 4.42 Å². The van der Waals surface area contributed by atoms with E-state index in [1.165, 1.54) is 26.6 Å². The van der Waals surface area contributed by atoms with Gasteiger partial charge in [-0.15, -0.1) is 10.2 Å². The molecule has 0 saturated carbocycles. The highest BCUT2D eigenvalue weighted by Crippen LogP contribution is 2.29. The Morgan fingerprint density at radius 1 is 1.10 bits per heavy atom. The minimum absolute atomic E-state index is 0.0809. The van der Waals surface area contributed by atoms with E-state index in [0.29, 0.717) is 17.1 Å². The van der Waals surface area contributed by atoms with Crippen molar-refractivity contribution in [1.29, 1.82) is 0 Å². The van der Waals surface area contributed by atoms with Crippen LogP contribution in [-0.2, 0) is 10.0 Å². The van der Waals surface area contributed by atoms with Crippen LogP contribution >= 0.6 is 0 Å². The molecule has 1 N–H and O–H groups in total. The molecule has 2 aromatic carbocycles. The Bertz CT molecular complexity index is 1170. The third kappa shape index (κ3) is 4.30. The van der Waals surface area contributed by atoms with Crippen LogP contribution in [0.4, 0.5) is 11.4 Å². The number of aromatic nitrogens is 2. The summed E-state index contributed by atoms with van der Waals surface area (Å²) in [7, 11) is -0.732. The van der Waals surface area contributed by atoms with E-state index in [2.05, 4.69) is 20.4 Å². The zero-order chi connectivity index (χ0) is 22.0. The molecule has 10 heteroatoms. The lowest BCUT2D eigenvalue weighted by Crippen LogP contribution is -2.25. The lowest BCUT2D eigenvalue weighted by molar-refractivity contribution is 0.102. The van der Waals surface area contributed by atoms with E-state index in [9.17, 15) is 13.2 Å². The zero-order valence-corrected chi connectivity index (χ0v) is 18.1. The fourth-order valence-corrected chi connectivity index (χ4v) is 4.42. The predicted molar refractivity (Wildman–Crippen MR) is 116 cm³/mol. The molecule has 3 aromatic rings. The Morgan fingerprint density at radius 2 is 1.81 bits per heavy atom. The summed E-state index contributed by atoms with van der Waals surface area (Å²) in [6, 6.07) is 11.7. The number of benzene rings is 2. The molecular weight excluding hydrogens is 418 g/mol. The monoisotopic (exact) mass is 441 g/mol. The van der Waals surface area contributed by atoms with E-state index < -0.39 is 10.0 Å². The average molecular weight is 442 g/mol. The number of hydrogen-bond donors (Lipinski definition) is 1. The summed E-state index contributed by atoms with van der Waals surface area (Å²) in [6.07, 6.45) is 3.32. The van der Waals surface area contributed by atoms with Gasteiger partial charge in [0.25, 0.3) is 5.91 Å². The molecular formula is C21H23N5O4S. The SMILES string of the molecule is CN(C)S(=O)(=O)c1ccc(N2CCCC2)c(C(=O)Nc2ccc(-c3nnco3)cc2)c1. The summed E-state index contributed by atoms with van der Waals surface area (Å²) in [4.78, 5) is 15.4. The first-order valence-corrected chi connectivity index (χ1v) is 11.3. The van der Waals surface area contributed by atoms with Crippen LogP contribution in [0.25, 0.3) is 11.5 Å². The maximum absolute atomic E-state index is 13.2. The van der Waals surface area contributed by atoms with E-state index in [1.807, 2.05) is 0 Å². The van der Waals surface area contributed by atoms with Crippen LogP contribution < -0.4 is 10.2 Å². The Balaban J connectivity index is 1.65. The number of nitrogens with zero attached hydrogens (tertiary/aromatic N) is 4. The molecule has 0 aliphatic carbocycles. The molecule has 1 saturated heterocycles. The molecule has 1 aromatic heterocycles. The van der Waals surface area contributed by atoms with Crippen molar-refractivity contribution in [3.8, 4) is 11.5 Å². The van der Waals surface area contributed by atoms with Crippen molar-refractivity contribution in [2.45, 2.75) is 17.7 Å². The second-order valence-electron chi connectivity index (χ2n) is 7.44. The van der Waals surface area contributed by atoms with Crippen molar-refractivity contribution in [2.24, 2.45) is 0 Å². The summed E-state index contributed by atoms with van der Waals surface area (Å²) >= 11 is 0. The van der Waals surface area contributed by atoms with E-state index in [-0.39, 0.29) is 10.8 Å². The Labute approximate surface area is 180 Å². The summed E-state index contributed by atoms with van der Waals surface area (Å²) < 4.78 is 31.5. The molecule has 0 radical (unpaired) electrons. The molecule has 0 atom stereocenters. The lowest BCUT2D eigenvalue weighted by Gasteiger charge is -2.22. The van der Waals surface area contributed by atoms with Crippen LogP contribution in [0.3, 0.4) is 0 Å². The molecule has 4 rings (SSSR count). The maximum atomic E-state index is 13.2. The van der Waals surface area contributed by atoms with Gasteiger partial charge in [-0.05, 0) is 55.3 Å². The molecule has 2 heterocycles. The van der Waals surface area contributed by atoms with Gasteiger partial charge in [-0.2, -0.15) is 0 Å². The molecule has 31 heavy (non-hydrogen) atoms. The third-order valence-electron chi connectivity index (χ3n) is 5.19. The van der Waals surface area contributed by atoms with Crippen LogP contribution in [0.2, 0.25) is 0 Å². The summed E-state index contributed by atoms with van der Waals surface area (Å²) in [5, 5.41) is 10.4. The van der Waals surface area contributed by atoms with Gasteiger partial charge in [-0.25, -0.2) is 12.7 Å². The number of carbonyl (C=O) groups excluding carboxylic acids is 1. The minimum atomic E-state index is -3.67. The van der Waals surface area contributed by atoms with Crippen molar-refractivity contribution in [2.75, 3.05) is 37.4 Å². The van der Waals surface area contributed by atoms with E-state index in [1.54, 1.807) is 36.4 Å². The van der Waals surface area contributed by atoms with Gasteiger partial charge in [-0.1, -0.05) is 0 Å². The Kier molecular flexibility index (Phi) is 5.75. The Hall–Kier alpha value is -3.24. The Morgan fingerprint density at radius 3 is 2.42 bits per heavy atom. The maximum Gasteiger partial charge on any atom is 0.257 e. The molecule has 0 spiro atoms. The van der Waals surface area contributed by atoms with Crippen molar-refractivity contribution in [1.82, 2.24) is 14.5 Å². The molecule has 1 aliphatic rings. The van der Waals surface area contributed by atoms with Gasteiger partial charge < -0.3 is 14.6 Å². The molecule has 1 fully saturated rings. The van der Waals surface area contributed by atoms with Gasteiger partial charge in [0, 0.05) is 44.1 Å². The summed E-state index contributed by atoms with van der Waals surface area (Å²) in [5.41, 5.74) is 2.36. The second-order valence-corrected chi connectivity index (χ2v) is 9.59. The third-order valence-corrected chi connectivity index (χ3v) is 7.00. The smallest absolute Gasteiger partial charge is 0.257 e. The van der Waals surface area contributed by atoms with Crippen LogP contribution in [0.1, 0.15) is 23.2 Å². The highest BCUT2D eigenvalue weighted by molar-refractivity contribution is 7.89. The van der Waals surface area contributed by atoms with Gasteiger partial charge in [0.05, 0.1) is 10.5 Å². The standard InChI is InChI=1S/C21H23N5O4S/c1-25(2)31(28,29)17-9-10-19(26-11-3-4-12-26)18(13-17)20(27)23-16-7-5-15(6-8-16)21-24-22-14-30-21/h5-10,13-14H,3-4,11-12H2,1-2H3,(H,23,27). The highest BCUT2D eigenvalue weighted by atomic mass is 32.2. The van der Waals surface area contributed by atoms with Gasteiger partial charge in [0.15, 0.2) is 0 Å². The zero-order valence-electron chi connectivity index (χ0n) is 17.3. The number of amides is 1. The van der Waals surface area contributed by atoms with Gasteiger partial charge in [0.2, 0.25) is 22.3 Å². The number of anilines is 2. The van der Waals surface area contributed by atoms with Crippen molar-refractivity contribution < 1.29 is 17.6 Å². The van der Waals surface area contributed by atoms with Crippen molar-refractivity contribution in [3.63, 3.8) is 0 Å². The topological polar surface area (TPSA) is 109 Å². The van der Waals surface area contributed by atoms with Crippen molar-refractivity contribution in [3.05, 3.63) is 54.4 Å². The number of sulfonamides is 1. The molecule has 0 bridgehead atoms. The quantitative estimate of drug-likeness (QED) is 0.626. The van der Waals surface area contributed by atoms with Crippen LogP contribution in [0, 0.1) is 0 Å². The number of nitrogens with one attached hydrogen (secondary N) is 1. The normalized spacial score (nSPS) is 14.2. The highest BCUT2D eigenvalue weighted by Gasteiger charge is 2.24. The number of hydrogen-bond acceptors (Lipinski definition) is 7. The van der Waals surface area contributed by atoms with Gasteiger partial charge >= 0.3 is 0 Å². The molecule has 1 amide bonds. The summed E-state index contributed by atoms with van der Waals surface area (Å²) in [6.45, 7) is 1.66. The largest absolute Gasteiger partial charge is 0.423 e. The second kappa shape index (κ2) is 8.48. The average Bonchev–Trinajstić information content (AvgIpc) is 3.48. The molecule has 162 valence electrons. The van der Waals surface area contributed by atoms with Crippen LogP contribution in [0.5, 0.6) is 0 Å². The number of carbonyl (C=O) groups is 1. The first kappa shape index (κ1) is 21.0. The number of rotatable bonds is 6. The molecule has 9 nitrogen and oxygen atoms in total. The lowest BCUT2D eigenvalue weighted by atomic mass is 10.1. The fraction of sp³-hybridized carbons (Fsp3) is 0.286. The van der Waals surface area contributed by atoms with Crippen molar-refractivity contribution >= 4 is 27.3 Å². The van der Waals surface area contributed by atoms with E-state index >= 15 is 0 Å². The van der Waals surface area contributed by atoms with Crippen LogP contribution in [0.15, 0.2) is 58.2 Å². The molecule has 1 aliphatic heterocycles.